The summed E-state index contributed by atoms with van der Waals surface area (Å²) in [6.07, 6.45) is -1.22. The standard InChI is InChI=1S/C23H21F3N2O3/c24-23(25,26)16-6-3-5-15(11-16)13-28-14-19(18-8-1-2-9-20(18)28)21(29)22(30)27-12-17-7-4-10-31-17/h1-3,5-6,8-9,11,14,17H,4,7,10,12-13H2,(H,27,30)/t17-/m1/s1. The van der Waals surface area contributed by atoms with Gasteiger partial charge in [0, 0.05) is 36.8 Å². The number of benzene rings is 2. The predicted octanol–water partition coefficient (Wildman–Crippen LogP) is 4.19. The van der Waals surface area contributed by atoms with E-state index >= 15 is 0 Å². The Bertz CT molecular complexity index is 1110. The molecule has 0 saturated carbocycles. The topological polar surface area (TPSA) is 60.3 Å². The van der Waals surface area contributed by atoms with Crippen LogP contribution in [0.25, 0.3) is 10.9 Å². The third-order valence-corrected chi connectivity index (χ3v) is 5.36. The molecule has 31 heavy (non-hydrogen) atoms. The van der Waals surface area contributed by atoms with E-state index < -0.39 is 23.4 Å². The van der Waals surface area contributed by atoms with Crippen molar-refractivity contribution in [3.63, 3.8) is 0 Å². The highest BCUT2D eigenvalue weighted by Gasteiger charge is 2.30. The molecule has 162 valence electrons. The van der Waals surface area contributed by atoms with Gasteiger partial charge in [-0.3, -0.25) is 9.59 Å². The Morgan fingerprint density at radius 2 is 1.94 bits per heavy atom. The number of carbonyl (C=O) groups excluding carboxylic acids is 2. The highest BCUT2D eigenvalue weighted by molar-refractivity contribution is 6.45. The number of hydrogen-bond donors (Lipinski definition) is 1. The molecule has 2 aromatic carbocycles. The summed E-state index contributed by atoms with van der Waals surface area (Å²) in [7, 11) is 0. The fraction of sp³-hybridized carbons (Fsp3) is 0.304. The molecule has 0 aliphatic carbocycles. The number of carbonyl (C=O) groups is 2. The molecule has 1 aliphatic rings. The molecule has 0 spiro atoms. The number of fused-ring (bicyclic) bond motifs is 1. The van der Waals surface area contributed by atoms with Crippen molar-refractivity contribution in [2.75, 3.05) is 13.2 Å². The van der Waals surface area contributed by atoms with Crippen LogP contribution >= 0.6 is 0 Å². The Kier molecular flexibility index (Phi) is 5.82. The van der Waals surface area contributed by atoms with E-state index in [1.807, 2.05) is 0 Å². The zero-order chi connectivity index (χ0) is 22.0. The first-order valence-electron chi connectivity index (χ1n) is 10.0. The van der Waals surface area contributed by atoms with Crippen LogP contribution in [0.4, 0.5) is 13.2 Å². The minimum atomic E-state index is -4.43. The number of nitrogens with one attached hydrogen (secondary N) is 1. The zero-order valence-electron chi connectivity index (χ0n) is 16.6. The summed E-state index contributed by atoms with van der Waals surface area (Å²) < 4.78 is 46.3. The second-order valence-corrected chi connectivity index (χ2v) is 7.56. The molecule has 4 rings (SSSR count). The summed E-state index contributed by atoms with van der Waals surface area (Å²) in [5.41, 5.74) is 0.589. The van der Waals surface area contributed by atoms with Gasteiger partial charge < -0.3 is 14.6 Å². The second-order valence-electron chi connectivity index (χ2n) is 7.56. The van der Waals surface area contributed by atoms with E-state index in [1.54, 1.807) is 34.9 Å². The lowest BCUT2D eigenvalue weighted by atomic mass is 10.1. The molecule has 5 nitrogen and oxygen atoms in total. The first-order chi connectivity index (χ1) is 14.8. The lowest BCUT2D eigenvalue weighted by molar-refractivity contribution is -0.137. The summed E-state index contributed by atoms with van der Waals surface area (Å²) >= 11 is 0. The number of alkyl halides is 3. The molecular weight excluding hydrogens is 409 g/mol. The molecule has 1 saturated heterocycles. The third kappa shape index (κ3) is 4.64. The Morgan fingerprint density at radius 1 is 1.13 bits per heavy atom. The van der Waals surface area contributed by atoms with Crippen molar-refractivity contribution in [1.82, 2.24) is 9.88 Å². The van der Waals surface area contributed by atoms with Crippen LogP contribution in [0.3, 0.4) is 0 Å². The molecule has 0 radical (unpaired) electrons. The molecule has 1 N–H and O–H groups in total. The van der Waals surface area contributed by atoms with Crippen LogP contribution in [-0.4, -0.2) is 35.5 Å². The van der Waals surface area contributed by atoms with Crippen LogP contribution in [-0.2, 0) is 22.3 Å². The number of Topliss-reactive ketones (excluding diaryl/α,β-unsaturated/α-hetero) is 1. The number of aromatic nitrogens is 1. The maximum Gasteiger partial charge on any atom is 0.416 e. The van der Waals surface area contributed by atoms with Gasteiger partial charge in [0.15, 0.2) is 0 Å². The molecule has 2 heterocycles. The molecule has 1 fully saturated rings. The predicted molar refractivity (Wildman–Crippen MR) is 109 cm³/mol. The van der Waals surface area contributed by atoms with Crippen molar-refractivity contribution in [1.29, 1.82) is 0 Å². The molecule has 0 bridgehead atoms. The first kappa shape index (κ1) is 21.1. The van der Waals surface area contributed by atoms with Crippen molar-refractivity contribution < 1.29 is 27.5 Å². The van der Waals surface area contributed by atoms with Gasteiger partial charge in [-0.1, -0.05) is 30.3 Å². The highest BCUT2D eigenvalue weighted by Crippen LogP contribution is 2.30. The van der Waals surface area contributed by atoms with Gasteiger partial charge in [0.25, 0.3) is 11.7 Å². The minimum absolute atomic E-state index is 0.0843. The van der Waals surface area contributed by atoms with Gasteiger partial charge in [-0.15, -0.1) is 0 Å². The number of amides is 1. The number of ether oxygens (including phenoxy) is 1. The maximum atomic E-state index is 13.0. The average Bonchev–Trinajstić information content (AvgIpc) is 3.40. The SMILES string of the molecule is O=C(NC[C@H]1CCCO1)C(=O)c1cn(Cc2cccc(C(F)(F)F)c2)c2ccccc12. The largest absolute Gasteiger partial charge is 0.416 e. The van der Waals surface area contributed by atoms with E-state index in [-0.39, 0.29) is 24.8 Å². The van der Waals surface area contributed by atoms with Crippen LogP contribution in [0.5, 0.6) is 0 Å². The Labute approximate surface area is 176 Å². The van der Waals surface area contributed by atoms with E-state index in [0.717, 1.165) is 25.0 Å². The van der Waals surface area contributed by atoms with Crippen molar-refractivity contribution in [2.24, 2.45) is 0 Å². The van der Waals surface area contributed by atoms with Gasteiger partial charge in [-0.2, -0.15) is 13.2 Å². The van der Waals surface area contributed by atoms with Crippen molar-refractivity contribution in [2.45, 2.75) is 31.7 Å². The fourth-order valence-corrected chi connectivity index (χ4v) is 3.82. The monoisotopic (exact) mass is 430 g/mol. The molecule has 1 atom stereocenters. The number of halogens is 3. The van der Waals surface area contributed by atoms with Crippen LogP contribution in [0.1, 0.15) is 34.3 Å². The van der Waals surface area contributed by atoms with E-state index in [9.17, 15) is 22.8 Å². The number of rotatable bonds is 6. The molecular formula is C23H21F3N2O3. The quantitative estimate of drug-likeness (QED) is 0.471. The van der Waals surface area contributed by atoms with Crippen LogP contribution in [0.15, 0.2) is 54.7 Å². The maximum absolute atomic E-state index is 13.0. The Hall–Kier alpha value is -3.13. The Morgan fingerprint density at radius 3 is 2.68 bits per heavy atom. The van der Waals surface area contributed by atoms with E-state index in [1.165, 1.54) is 12.3 Å². The van der Waals surface area contributed by atoms with Crippen molar-refractivity contribution >= 4 is 22.6 Å². The lowest BCUT2D eigenvalue weighted by Gasteiger charge is -2.10. The van der Waals surface area contributed by atoms with E-state index in [0.29, 0.717) is 23.1 Å². The first-order valence-corrected chi connectivity index (χ1v) is 10.0. The summed E-state index contributed by atoms with van der Waals surface area (Å²) in [4.78, 5) is 25.2. The molecule has 3 aromatic rings. The Balaban J connectivity index is 1.59. The fourth-order valence-electron chi connectivity index (χ4n) is 3.82. The van der Waals surface area contributed by atoms with Crippen molar-refractivity contribution in [3.8, 4) is 0 Å². The molecule has 1 amide bonds. The summed E-state index contributed by atoms with van der Waals surface area (Å²) in [6.45, 7) is 1.06. The normalized spacial score (nSPS) is 16.5. The molecule has 1 aromatic heterocycles. The number of hydrogen-bond acceptors (Lipinski definition) is 3. The van der Waals surface area contributed by atoms with Gasteiger partial charge in [0.05, 0.1) is 17.2 Å². The smallest absolute Gasteiger partial charge is 0.376 e. The van der Waals surface area contributed by atoms with Gasteiger partial charge in [-0.05, 0) is 36.6 Å². The van der Waals surface area contributed by atoms with Gasteiger partial charge >= 0.3 is 6.18 Å². The summed E-state index contributed by atoms with van der Waals surface area (Å²) in [5.74, 6) is -1.41. The number of nitrogens with zero attached hydrogens (tertiary/aromatic N) is 1. The zero-order valence-corrected chi connectivity index (χ0v) is 16.6. The summed E-state index contributed by atoms with van der Waals surface area (Å²) in [6, 6.07) is 12.1. The lowest BCUT2D eigenvalue weighted by Crippen LogP contribution is -2.36. The average molecular weight is 430 g/mol. The van der Waals surface area contributed by atoms with Gasteiger partial charge in [-0.25, -0.2) is 0 Å². The van der Waals surface area contributed by atoms with E-state index in [2.05, 4.69) is 5.32 Å². The molecule has 8 heteroatoms. The number of ketones is 1. The van der Waals surface area contributed by atoms with Crippen LogP contribution in [0, 0.1) is 0 Å². The van der Waals surface area contributed by atoms with Crippen LogP contribution < -0.4 is 5.32 Å². The molecule has 1 aliphatic heterocycles. The highest BCUT2D eigenvalue weighted by atomic mass is 19.4. The summed E-state index contributed by atoms with van der Waals surface area (Å²) in [5, 5.41) is 3.20. The third-order valence-electron chi connectivity index (χ3n) is 5.36. The second kappa shape index (κ2) is 8.55. The minimum Gasteiger partial charge on any atom is -0.376 e. The van der Waals surface area contributed by atoms with Crippen LogP contribution in [0.2, 0.25) is 0 Å². The van der Waals surface area contributed by atoms with E-state index in [4.69, 9.17) is 4.74 Å². The molecule has 0 unspecified atom stereocenters. The van der Waals surface area contributed by atoms with Gasteiger partial charge in [0.2, 0.25) is 0 Å². The van der Waals surface area contributed by atoms with Crippen molar-refractivity contribution in [3.05, 3.63) is 71.4 Å². The number of para-hydroxylation sites is 1. The van der Waals surface area contributed by atoms with Gasteiger partial charge in [0.1, 0.15) is 0 Å².